The van der Waals surface area contributed by atoms with Gasteiger partial charge in [0.1, 0.15) is 5.82 Å². The van der Waals surface area contributed by atoms with Gasteiger partial charge in [0.15, 0.2) is 11.5 Å². The highest BCUT2D eigenvalue weighted by Crippen LogP contribution is 2.33. The van der Waals surface area contributed by atoms with Crippen molar-refractivity contribution >= 4 is 21.8 Å². The van der Waals surface area contributed by atoms with Crippen molar-refractivity contribution in [2.24, 2.45) is 0 Å². The fraction of sp³-hybridized carbons (Fsp3) is 0.176. The van der Waals surface area contributed by atoms with Gasteiger partial charge in [-0.05, 0) is 29.8 Å². The van der Waals surface area contributed by atoms with Crippen LogP contribution in [0.1, 0.15) is 21.6 Å². The first-order chi connectivity index (χ1) is 13.7. The number of halogens is 5. The van der Waals surface area contributed by atoms with E-state index < -0.39 is 29.2 Å². The molecule has 0 radical (unpaired) electrons. The Morgan fingerprint density at radius 2 is 2.00 bits per heavy atom. The summed E-state index contributed by atoms with van der Waals surface area (Å²) in [6, 6.07) is 6.44. The normalized spacial score (nSPS) is 11.4. The van der Waals surface area contributed by atoms with Crippen LogP contribution in [-0.2, 0) is 12.7 Å². The molecule has 1 amide bonds. The standard InChI is InChI=1S/C17H12BrF4N5O2/c1-29-14-3-2-13(25-26-14)27-15(17(20,21)22)12(8-24-27)16(28)23-7-9-4-10(18)6-11(19)5-9/h2-6,8H,7H2,1H3,(H,23,28). The molecule has 0 aliphatic heterocycles. The molecule has 0 fully saturated rings. The number of carbonyl (C=O) groups is 1. The smallest absolute Gasteiger partial charge is 0.434 e. The number of nitrogens with one attached hydrogen (secondary N) is 1. The summed E-state index contributed by atoms with van der Waals surface area (Å²) in [6.45, 7) is -0.181. The van der Waals surface area contributed by atoms with E-state index in [0.717, 1.165) is 12.3 Å². The van der Waals surface area contributed by atoms with Crippen molar-refractivity contribution < 1.29 is 27.1 Å². The predicted octanol–water partition coefficient (Wildman–Crippen LogP) is 3.52. The van der Waals surface area contributed by atoms with Crippen LogP contribution in [0.3, 0.4) is 0 Å². The van der Waals surface area contributed by atoms with Crippen LogP contribution in [0.2, 0.25) is 0 Å². The van der Waals surface area contributed by atoms with Gasteiger partial charge in [-0.2, -0.15) is 18.3 Å². The number of amides is 1. The Labute approximate surface area is 169 Å². The van der Waals surface area contributed by atoms with Gasteiger partial charge in [0.25, 0.3) is 5.91 Å². The van der Waals surface area contributed by atoms with Gasteiger partial charge in [0.2, 0.25) is 5.88 Å². The monoisotopic (exact) mass is 473 g/mol. The molecule has 2 heterocycles. The zero-order valence-corrected chi connectivity index (χ0v) is 16.3. The first-order valence-corrected chi connectivity index (χ1v) is 8.75. The highest BCUT2D eigenvalue weighted by atomic mass is 79.9. The van der Waals surface area contributed by atoms with E-state index in [1.54, 1.807) is 0 Å². The molecule has 0 bridgehead atoms. The van der Waals surface area contributed by atoms with E-state index >= 15 is 0 Å². The minimum absolute atomic E-state index is 0.105. The Morgan fingerprint density at radius 1 is 1.24 bits per heavy atom. The highest BCUT2D eigenvalue weighted by molar-refractivity contribution is 9.10. The van der Waals surface area contributed by atoms with Crippen molar-refractivity contribution in [2.75, 3.05) is 7.11 Å². The third-order valence-electron chi connectivity index (χ3n) is 3.71. The average Bonchev–Trinajstić information content (AvgIpc) is 3.11. The lowest BCUT2D eigenvalue weighted by Crippen LogP contribution is -2.26. The molecule has 3 aromatic rings. The van der Waals surface area contributed by atoms with Crippen molar-refractivity contribution in [3.63, 3.8) is 0 Å². The molecule has 0 spiro atoms. The second-order valence-corrected chi connectivity index (χ2v) is 6.63. The minimum atomic E-state index is -4.90. The van der Waals surface area contributed by atoms with Crippen LogP contribution in [0.5, 0.6) is 5.88 Å². The van der Waals surface area contributed by atoms with Crippen LogP contribution in [0.25, 0.3) is 5.82 Å². The number of methoxy groups -OCH3 is 1. The molecule has 152 valence electrons. The largest absolute Gasteiger partial charge is 0.480 e. The number of rotatable bonds is 5. The molecule has 0 saturated carbocycles. The third-order valence-corrected chi connectivity index (χ3v) is 4.17. The van der Waals surface area contributed by atoms with Crippen molar-refractivity contribution in [2.45, 2.75) is 12.7 Å². The summed E-state index contributed by atoms with van der Waals surface area (Å²) in [6.07, 6.45) is -4.11. The Balaban J connectivity index is 1.90. The quantitative estimate of drug-likeness (QED) is 0.573. The number of carbonyl (C=O) groups excluding carboxylic acids is 1. The number of hydrogen-bond acceptors (Lipinski definition) is 5. The molecule has 0 atom stereocenters. The lowest BCUT2D eigenvalue weighted by Gasteiger charge is -2.12. The van der Waals surface area contributed by atoms with Crippen LogP contribution < -0.4 is 10.1 Å². The summed E-state index contributed by atoms with van der Waals surface area (Å²) < 4.78 is 60.0. The number of hydrogen-bond donors (Lipinski definition) is 1. The molecule has 2 aromatic heterocycles. The van der Waals surface area contributed by atoms with Gasteiger partial charge in [-0.1, -0.05) is 15.9 Å². The van der Waals surface area contributed by atoms with Gasteiger partial charge in [-0.3, -0.25) is 4.79 Å². The van der Waals surface area contributed by atoms with Gasteiger partial charge < -0.3 is 10.1 Å². The highest BCUT2D eigenvalue weighted by Gasteiger charge is 2.41. The number of aromatic nitrogens is 4. The molecule has 1 aromatic carbocycles. The van der Waals surface area contributed by atoms with Gasteiger partial charge in [-0.15, -0.1) is 10.2 Å². The molecule has 0 aliphatic carbocycles. The fourth-order valence-corrected chi connectivity index (χ4v) is 3.00. The van der Waals surface area contributed by atoms with E-state index in [1.165, 1.54) is 31.4 Å². The summed E-state index contributed by atoms with van der Waals surface area (Å²) in [7, 11) is 1.33. The summed E-state index contributed by atoms with van der Waals surface area (Å²) >= 11 is 3.11. The Morgan fingerprint density at radius 3 is 2.59 bits per heavy atom. The van der Waals surface area contributed by atoms with E-state index in [2.05, 4.69) is 36.5 Å². The maximum Gasteiger partial charge on any atom is 0.434 e. The van der Waals surface area contributed by atoms with Crippen molar-refractivity contribution in [1.29, 1.82) is 0 Å². The third kappa shape index (κ3) is 4.70. The summed E-state index contributed by atoms with van der Waals surface area (Å²) in [5.41, 5.74) is -1.65. The van der Waals surface area contributed by atoms with Crippen molar-refractivity contribution in [3.05, 3.63) is 63.6 Å². The second kappa shape index (κ2) is 8.15. The number of benzene rings is 1. The molecule has 29 heavy (non-hydrogen) atoms. The first-order valence-electron chi connectivity index (χ1n) is 7.95. The Hall–Kier alpha value is -3.02. The molecule has 0 unspecified atom stereocenters. The number of alkyl halides is 3. The Kier molecular flexibility index (Phi) is 5.82. The first kappa shape index (κ1) is 20.7. The summed E-state index contributed by atoms with van der Waals surface area (Å²) in [5.74, 6) is -1.71. The molecular formula is C17H12BrF4N5O2. The predicted molar refractivity (Wildman–Crippen MR) is 96.0 cm³/mol. The average molecular weight is 474 g/mol. The SMILES string of the molecule is COc1ccc(-n2ncc(C(=O)NCc3cc(F)cc(Br)c3)c2C(F)(F)F)nn1. The van der Waals surface area contributed by atoms with Crippen LogP contribution in [-0.4, -0.2) is 33.0 Å². The molecule has 0 aliphatic rings. The number of nitrogens with zero attached hydrogens (tertiary/aromatic N) is 4. The van der Waals surface area contributed by atoms with Gasteiger partial charge in [0.05, 0.1) is 18.9 Å². The van der Waals surface area contributed by atoms with E-state index in [9.17, 15) is 22.4 Å². The van der Waals surface area contributed by atoms with Crippen molar-refractivity contribution in [1.82, 2.24) is 25.3 Å². The Bertz CT molecular complexity index is 1020. The van der Waals surface area contributed by atoms with Crippen LogP contribution in [0, 0.1) is 5.82 Å². The molecule has 1 N–H and O–H groups in total. The van der Waals surface area contributed by atoms with E-state index in [-0.39, 0.29) is 18.2 Å². The molecule has 7 nitrogen and oxygen atoms in total. The maximum atomic E-state index is 13.6. The van der Waals surface area contributed by atoms with Crippen molar-refractivity contribution in [3.8, 4) is 11.7 Å². The lowest BCUT2D eigenvalue weighted by molar-refractivity contribution is -0.143. The van der Waals surface area contributed by atoms with Crippen LogP contribution in [0.15, 0.2) is 41.0 Å². The van der Waals surface area contributed by atoms with E-state index in [1.807, 2.05) is 0 Å². The summed E-state index contributed by atoms with van der Waals surface area (Å²) in [5, 5.41) is 13.2. The van der Waals surface area contributed by atoms with E-state index in [4.69, 9.17) is 4.74 Å². The van der Waals surface area contributed by atoms with Gasteiger partial charge in [-0.25, -0.2) is 9.07 Å². The zero-order valence-electron chi connectivity index (χ0n) is 14.7. The fourth-order valence-electron chi connectivity index (χ4n) is 2.49. The van der Waals surface area contributed by atoms with Crippen LogP contribution in [0.4, 0.5) is 17.6 Å². The lowest BCUT2D eigenvalue weighted by atomic mass is 10.2. The van der Waals surface area contributed by atoms with Gasteiger partial charge >= 0.3 is 6.18 Å². The molecular weight excluding hydrogens is 462 g/mol. The minimum Gasteiger partial charge on any atom is -0.480 e. The molecule has 3 rings (SSSR count). The number of ether oxygens (including phenoxy) is 1. The molecule has 0 saturated heterocycles. The molecule has 12 heteroatoms. The zero-order chi connectivity index (χ0) is 21.2. The topological polar surface area (TPSA) is 81.9 Å². The second-order valence-electron chi connectivity index (χ2n) is 5.71. The van der Waals surface area contributed by atoms with Crippen LogP contribution >= 0.6 is 15.9 Å². The van der Waals surface area contributed by atoms with E-state index in [0.29, 0.717) is 14.7 Å². The maximum absolute atomic E-state index is 13.6. The van der Waals surface area contributed by atoms with Gasteiger partial charge in [0, 0.05) is 17.1 Å². The summed E-state index contributed by atoms with van der Waals surface area (Å²) in [4.78, 5) is 12.4.